The Labute approximate surface area is 176 Å². The highest BCUT2D eigenvalue weighted by Gasteiger charge is 2.25. The molecule has 1 aliphatic rings. The second-order valence-corrected chi connectivity index (χ2v) is 7.32. The summed E-state index contributed by atoms with van der Waals surface area (Å²) in [5.41, 5.74) is 1.95. The Morgan fingerprint density at radius 3 is 2.71 bits per heavy atom. The van der Waals surface area contributed by atoms with E-state index < -0.39 is 11.5 Å². The van der Waals surface area contributed by atoms with Crippen LogP contribution < -0.4 is 15.8 Å². The molecule has 0 spiro atoms. The first-order chi connectivity index (χ1) is 15.1. The van der Waals surface area contributed by atoms with Crippen LogP contribution in [0.4, 0.5) is 11.4 Å². The zero-order chi connectivity index (χ0) is 21.4. The van der Waals surface area contributed by atoms with Crippen LogP contribution in [0.3, 0.4) is 0 Å². The molecule has 2 amide bonds. The van der Waals surface area contributed by atoms with Gasteiger partial charge < -0.3 is 19.1 Å². The summed E-state index contributed by atoms with van der Waals surface area (Å²) in [5.74, 6) is -0.455. The fraction of sp³-hybridized carbons (Fsp3) is 0.125. The highest BCUT2D eigenvalue weighted by Crippen LogP contribution is 2.31. The third-order valence-electron chi connectivity index (χ3n) is 5.32. The van der Waals surface area contributed by atoms with E-state index in [1.54, 1.807) is 47.4 Å². The van der Waals surface area contributed by atoms with Crippen molar-refractivity contribution < 1.29 is 18.4 Å². The molecule has 7 nitrogen and oxygen atoms in total. The Hall–Kier alpha value is -4.13. The van der Waals surface area contributed by atoms with Crippen LogP contribution in [0.5, 0.6) is 0 Å². The van der Waals surface area contributed by atoms with E-state index in [2.05, 4.69) is 5.32 Å². The molecule has 3 heterocycles. The topological polar surface area (TPSA) is 92.8 Å². The third-order valence-corrected chi connectivity index (χ3v) is 5.32. The first kappa shape index (κ1) is 18.9. The molecule has 1 aliphatic heterocycles. The first-order valence-corrected chi connectivity index (χ1v) is 9.93. The second-order valence-electron chi connectivity index (χ2n) is 7.32. The number of nitrogens with zero attached hydrogens (tertiary/aromatic N) is 1. The van der Waals surface area contributed by atoms with Gasteiger partial charge in [-0.15, -0.1) is 0 Å². The highest BCUT2D eigenvalue weighted by molar-refractivity contribution is 6.07. The number of fused-ring (bicyclic) bond motifs is 2. The van der Waals surface area contributed by atoms with Gasteiger partial charge in [-0.2, -0.15) is 0 Å². The monoisotopic (exact) mass is 414 g/mol. The SMILES string of the molecule is O=C(Nc1ccc2c(c1)CCCN2C(=O)c1ccco1)c1cc2ccccc2oc1=O. The Balaban J connectivity index is 1.41. The summed E-state index contributed by atoms with van der Waals surface area (Å²) in [6, 6.07) is 17.2. The Morgan fingerprint density at radius 2 is 1.87 bits per heavy atom. The average Bonchev–Trinajstić information content (AvgIpc) is 3.32. The van der Waals surface area contributed by atoms with E-state index >= 15 is 0 Å². The van der Waals surface area contributed by atoms with Crippen LogP contribution in [0.1, 0.15) is 32.9 Å². The Kier molecular flexibility index (Phi) is 4.63. The number of nitrogens with one attached hydrogen (secondary N) is 1. The zero-order valence-corrected chi connectivity index (χ0v) is 16.5. The molecule has 0 saturated carbocycles. The van der Waals surface area contributed by atoms with Gasteiger partial charge in [0.2, 0.25) is 0 Å². The highest BCUT2D eigenvalue weighted by atomic mass is 16.4. The van der Waals surface area contributed by atoms with E-state index in [1.807, 2.05) is 12.1 Å². The number of benzene rings is 2. The molecule has 0 unspecified atom stereocenters. The van der Waals surface area contributed by atoms with Gasteiger partial charge in [-0.05, 0) is 60.9 Å². The van der Waals surface area contributed by atoms with Crippen molar-refractivity contribution in [2.24, 2.45) is 0 Å². The third kappa shape index (κ3) is 3.50. The average molecular weight is 414 g/mol. The van der Waals surface area contributed by atoms with Crippen LogP contribution >= 0.6 is 0 Å². The molecule has 0 fully saturated rings. The molecular formula is C24H18N2O5. The minimum absolute atomic E-state index is 0.0638. The number of para-hydroxylation sites is 1. The maximum absolute atomic E-state index is 12.7. The van der Waals surface area contributed by atoms with Gasteiger partial charge in [0.1, 0.15) is 11.1 Å². The Bertz CT molecular complexity index is 1350. The maximum atomic E-state index is 12.7. The van der Waals surface area contributed by atoms with Crippen LogP contribution in [-0.2, 0) is 6.42 Å². The molecule has 2 aromatic carbocycles. The van der Waals surface area contributed by atoms with E-state index in [-0.39, 0.29) is 17.2 Å². The summed E-state index contributed by atoms with van der Waals surface area (Å²) in [6.45, 7) is 0.594. The van der Waals surface area contributed by atoms with Gasteiger partial charge >= 0.3 is 5.63 Å². The number of hydrogen-bond donors (Lipinski definition) is 1. The summed E-state index contributed by atoms with van der Waals surface area (Å²) < 4.78 is 10.5. The van der Waals surface area contributed by atoms with Crippen LogP contribution in [0.15, 0.2) is 80.6 Å². The molecule has 0 bridgehead atoms. The molecule has 5 rings (SSSR count). The van der Waals surface area contributed by atoms with Crippen molar-refractivity contribution in [3.05, 3.63) is 94.2 Å². The van der Waals surface area contributed by atoms with Crippen molar-refractivity contribution in [3.63, 3.8) is 0 Å². The lowest BCUT2D eigenvalue weighted by molar-refractivity contribution is 0.0957. The fourth-order valence-electron chi connectivity index (χ4n) is 3.84. The number of amides is 2. The first-order valence-electron chi connectivity index (χ1n) is 9.93. The summed E-state index contributed by atoms with van der Waals surface area (Å²) in [5, 5.41) is 3.44. The number of rotatable bonds is 3. The van der Waals surface area contributed by atoms with Crippen LogP contribution in [0, 0.1) is 0 Å². The van der Waals surface area contributed by atoms with Crippen molar-refractivity contribution in [1.29, 1.82) is 0 Å². The molecule has 7 heteroatoms. The largest absolute Gasteiger partial charge is 0.459 e. The number of furan rings is 1. The van der Waals surface area contributed by atoms with Gasteiger partial charge in [0.05, 0.1) is 6.26 Å². The van der Waals surface area contributed by atoms with Gasteiger partial charge in [0, 0.05) is 23.3 Å². The van der Waals surface area contributed by atoms with Gasteiger partial charge in [-0.25, -0.2) is 4.79 Å². The minimum Gasteiger partial charge on any atom is -0.459 e. The minimum atomic E-state index is -0.690. The summed E-state index contributed by atoms with van der Waals surface area (Å²) in [4.78, 5) is 39.4. The molecule has 1 N–H and O–H groups in total. The zero-order valence-electron chi connectivity index (χ0n) is 16.5. The van der Waals surface area contributed by atoms with Crippen LogP contribution in [0.2, 0.25) is 0 Å². The van der Waals surface area contributed by atoms with Crippen LogP contribution in [0.25, 0.3) is 11.0 Å². The Morgan fingerprint density at radius 1 is 1.00 bits per heavy atom. The normalized spacial score (nSPS) is 13.1. The molecule has 0 atom stereocenters. The number of carbonyl (C=O) groups is 2. The number of hydrogen-bond acceptors (Lipinski definition) is 5. The van der Waals surface area contributed by atoms with E-state index in [0.717, 1.165) is 24.1 Å². The molecule has 0 radical (unpaired) electrons. The van der Waals surface area contributed by atoms with Crippen LogP contribution in [-0.4, -0.2) is 18.4 Å². The molecule has 154 valence electrons. The summed E-state index contributed by atoms with van der Waals surface area (Å²) in [7, 11) is 0. The van der Waals surface area contributed by atoms with Gasteiger partial charge in [0.15, 0.2) is 5.76 Å². The number of anilines is 2. The van der Waals surface area contributed by atoms with Crippen molar-refractivity contribution >= 4 is 34.2 Å². The number of carbonyl (C=O) groups excluding carboxylic acids is 2. The lowest BCUT2D eigenvalue weighted by Crippen LogP contribution is -2.35. The fourth-order valence-corrected chi connectivity index (χ4v) is 3.84. The molecule has 0 saturated heterocycles. The quantitative estimate of drug-likeness (QED) is 0.507. The van der Waals surface area contributed by atoms with Crippen molar-refractivity contribution in [2.45, 2.75) is 12.8 Å². The van der Waals surface area contributed by atoms with Gasteiger partial charge in [0.25, 0.3) is 11.8 Å². The van der Waals surface area contributed by atoms with Crippen molar-refractivity contribution in [2.75, 3.05) is 16.8 Å². The summed E-state index contributed by atoms with van der Waals surface area (Å²) >= 11 is 0. The molecule has 4 aromatic rings. The lowest BCUT2D eigenvalue weighted by Gasteiger charge is -2.29. The standard InChI is InChI=1S/C24H18N2O5/c27-22(18-14-16-5-1-2-7-20(16)31-24(18)29)25-17-9-10-19-15(13-17)6-3-11-26(19)23(28)21-8-4-12-30-21/h1-2,4-5,7-10,12-14H,3,6,11H2,(H,25,27). The smallest absolute Gasteiger partial charge is 0.349 e. The lowest BCUT2D eigenvalue weighted by atomic mass is 10.0. The second kappa shape index (κ2) is 7.60. The van der Waals surface area contributed by atoms with E-state index in [4.69, 9.17) is 8.83 Å². The molecule has 2 aromatic heterocycles. The predicted molar refractivity (Wildman–Crippen MR) is 116 cm³/mol. The van der Waals surface area contributed by atoms with E-state index in [9.17, 15) is 14.4 Å². The number of aryl methyl sites for hydroxylation is 1. The van der Waals surface area contributed by atoms with E-state index in [1.165, 1.54) is 12.3 Å². The molecule has 31 heavy (non-hydrogen) atoms. The summed E-state index contributed by atoms with van der Waals surface area (Å²) in [6.07, 6.45) is 3.05. The van der Waals surface area contributed by atoms with Crippen molar-refractivity contribution in [3.8, 4) is 0 Å². The van der Waals surface area contributed by atoms with E-state index in [0.29, 0.717) is 23.2 Å². The maximum Gasteiger partial charge on any atom is 0.349 e. The molecular weight excluding hydrogens is 396 g/mol. The predicted octanol–water partition coefficient (Wildman–Crippen LogP) is 4.23. The van der Waals surface area contributed by atoms with Gasteiger partial charge in [-0.1, -0.05) is 18.2 Å². The van der Waals surface area contributed by atoms with Gasteiger partial charge in [-0.3, -0.25) is 9.59 Å². The molecule has 0 aliphatic carbocycles. The van der Waals surface area contributed by atoms with Crippen molar-refractivity contribution in [1.82, 2.24) is 0 Å².